The lowest BCUT2D eigenvalue weighted by molar-refractivity contribution is -0.411. The molecule has 7 aliphatic heterocycles. The molecule has 8 rings (SSSR count). The maximum absolute atomic E-state index is 13.6. The van der Waals surface area contributed by atoms with Crippen molar-refractivity contribution in [2.45, 2.75) is 279 Å². The predicted octanol–water partition coefficient (Wildman–Crippen LogP) is 11.0. The normalized spacial score (nSPS) is 45.9. The molecule has 482 valence electrons. The van der Waals surface area contributed by atoms with Crippen LogP contribution in [0.15, 0.2) is 35.4 Å². The molecule has 0 aliphatic carbocycles. The molecule has 0 spiro atoms. The van der Waals surface area contributed by atoms with Gasteiger partial charge in [0, 0.05) is 48.6 Å². The van der Waals surface area contributed by atoms with Crippen molar-refractivity contribution in [2.75, 3.05) is 19.8 Å². The molecule has 0 saturated carbocycles. The van der Waals surface area contributed by atoms with Crippen LogP contribution in [0.1, 0.15) is 162 Å². The molecule has 0 N–H and O–H groups in total. The minimum absolute atomic E-state index is 0.00870. The number of hydrogen-bond acceptors (Lipinski definition) is 19. The van der Waals surface area contributed by atoms with Gasteiger partial charge in [0.25, 0.3) is 0 Å². The molecule has 7 fully saturated rings. The highest BCUT2D eigenvalue weighted by Crippen LogP contribution is 2.47. The second kappa shape index (κ2) is 30.6. The number of carbonyl (C=O) groups excluding carboxylic acids is 2. The Morgan fingerprint density at radius 3 is 1.36 bits per heavy atom. The van der Waals surface area contributed by atoms with Gasteiger partial charge in [0.15, 0.2) is 56.2 Å². The number of esters is 2. The van der Waals surface area contributed by atoms with Gasteiger partial charge in [0.05, 0.1) is 55.9 Å². The summed E-state index contributed by atoms with van der Waals surface area (Å²) >= 11 is 0. The Morgan fingerprint density at radius 1 is 0.471 bits per heavy atom. The SMILES string of the molecule is CCC1O[C@@H](OCCN=[N+]=[N-])C(C)[C@@H](C)[C@@H]1O[C@@H]1OC(CC)[C@@H](O[C@@H]2OC3COC(c4ccccc4)O[C@H]3[C@H](O[C@H]3O[C@@H](CC)[C@@H](C)C(C)C3O[C@H]3O[C@@H](CC)[C@@H](C)C(C)C3O[C@H]3O[C@@H](CC)[C@@H](C)C(C)C3OC(C)=O)C2OC(C)=O)[C@@H](C)C1C. The number of fused-ring (bicyclic) bond motifs is 1. The summed E-state index contributed by atoms with van der Waals surface area (Å²) in [4.78, 5) is 29.2. The highest BCUT2D eigenvalue weighted by Gasteiger charge is 2.59. The summed E-state index contributed by atoms with van der Waals surface area (Å²) in [6, 6.07) is 9.66. The van der Waals surface area contributed by atoms with Gasteiger partial charge >= 0.3 is 11.9 Å². The Bertz CT molecular complexity index is 2300. The van der Waals surface area contributed by atoms with E-state index in [4.69, 9.17) is 81.3 Å². The van der Waals surface area contributed by atoms with Crippen molar-refractivity contribution in [1.82, 2.24) is 0 Å². The molecule has 0 aromatic heterocycles. The Kier molecular flexibility index (Phi) is 24.4. The van der Waals surface area contributed by atoms with E-state index in [1.165, 1.54) is 13.8 Å². The van der Waals surface area contributed by atoms with Crippen molar-refractivity contribution >= 4 is 11.9 Å². The van der Waals surface area contributed by atoms with Crippen LogP contribution >= 0.6 is 0 Å². The number of azide groups is 1. The van der Waals surface area contributed by atoms with E-state index in [0.717, 1.165) is 18.4 Å². The van der Waals surface area contributed by atoms with E-state index in [9.17, 15) is 9.59 Å². The average molecular weight is 1200 g/mol. The van der Waals surface area contributed by atoms with E-state index >= 15 is 0 Å². The highest BCUT2D eigenvalue weighted by molar-refractivity contribution is 5.66. The fraction of sp³-hybridized carbons (Fsp3) is 0.875. The fourth-order valence-corrected chi connectivity index (χ4v) is 14.1. The fourth-order valence-electron chi connectivity index (χ4n) is 14.1. The minimum Gasteiger partial charge on any atom is -0.457 e. The van der Waals surface area contributed by atoms with Gasteiger partial charge in [0.1, 0.15) is 30.5 Å². The second-order valence-corrected chi connectivity index (χ2v) is 25.5. The molecule has 0 bridgehead atoms. The summed E-state index contributed by atoms with van der Waals surface area (Å²) < 4.78 is 109. The molecular formula is C64H103N3O18. The third-order valence-electron chi connectivity index (χ3n) is 20.4. The molecule has 31 atom stereocenters. The zero-order chi connectivity index (χ0) is 61.6. The molecule has 21 nitrogen and oxygen atoms in total. The largest absolute Gasteiger partial charge is 0.457 e. The van der Waals surface area contributed by atoms with Crippen LogP contribution in [0.3, 0.4) is 0 Å². The van der Waals surface area contributed by atoms with Crippen LogP contribution in [0.5, 0.6) is 0 Å². The van der Waals surface area contributed by atoms with E-state index in [1.54, 1.807) is 0 Å². The second-order valence-electron chi connectivity index (χ2n) is 25.5. The average Bonchev–Trinajstić information content (AvgIpc) is 3.57. The Labute approximate surface area is 505 Å². The maximum Gasteiger partial charge on any atom is 0.303 e. The van der Waals surface area contributed by atoms with Crippen molar-refractivity contribution in [1.29, 1.82) is 0 Å². The molecule has 7 saturated heterocycles. The van der Waals surface area contributed by atoms with Crippen molar-refractivity contribution in [2.24, 2.45) is 64.3 Å². The van der Waals surface area contributed by atoms with Crippen LogP contribution in [0.4, 0.5) is 0 Å². The van der Waals surface area contributed by atoms with Gasteiger partial charge in [-0.3, -0.25) is 9.59 Å². The molecule has 85 heavy (non-hydrogen) atoms. The first-order valence-corrected chi connectivity index (χ1v) is 32.2. The van der Waals surface area contributed by atoms with E-state index in [-0.39, 0.29) is 109 Å². The third-order valence-corrected chi connectivity index (χ3v) is 20.4. The molecule has 7 heterocycles. The van der Waals surface area contributed by atoms with E-state index in [0.29, 0.717) is 19.3 Å². The highest BCUT2D eigenvalue weighted by atomic mass is 16.8. The van der Waals surface area contributed by atoms with Gasteiger partial charge in [0.2, 0.25) is 0 Å². The molecule has 7 aliphatic rings. The minimum atomic E-state index is -1.19. The van der Waals surface area contributed by atoms with Gasteiger partial charge in [-0.05, 0) is 79.1 Å². The number of rotatable bonds is 22. The summed E-state index contributed by atoms with van der Waals surface area (Å²) in [5.74, 6) is -1.43. The van der Waals surface area contributed by atoms with Gasteiger partial charge < -0.3 is 75.8 Å². The van der Waals surface area contributed by atoms with Crippen molar-refractivity contribution in [3.63, 3.8) is 0 Å². The van der Waals surface area contributed by atoms with Crippen LogP contribution in [-0.2, 0) is 85.4 Å². The smallest absolute Gasteiger partial charge is 0.303 e. The molecule has 21 heteroatoms. The number of nitrogens with zero attached hydrogens (tertiary/aromatic N) is 3. The van der Waals surface area contributed by atoms with Gasteiger partial charge in [-0.25, -0.2) is 0 Å². The van der Waals surface area contributed by atoms with Crippen molar-refractivity contribution in [3.8, 4) is 0 Å². The van der Waals surface area contributed by atoms with E-state index < -0.39 is 111 Å². The van der Waals surface area contributed by atoms with Crippen LogP contribution < -0.4 is 0 Å². The first-order chi connectivity index (χ1) is 40.7. The van der Waals surface area contributed by atoms with Gasteiger partial charge in [-0.1, -0.05) is 139 Å². The van der Waals surface area contributed by atoms with E-state index in [1.807, 2.05) is 37.3 Å². The van der Waals surface area contributed by atoms with Gasteiger partial charge in [-0.2, -0.15) is 0 Å². The zero-order valence-electron chi connectivity index (χ0n) is 53.6. The number of hydrogen-bond donors (Lipinski definition) is 0. The Morgan fingerprint density at radius 2 is 0.871 bits per heavy atom. The van der Waals surface area contributed by atoms with Gasteiger partial charge in [-0.15, -0.1) is 0 Å². The maximum atomic E-state index is 13.6. The third kappa shape index (κ3) is 15.2. The Balaban J connectivity index is 1.10. The van der Waals surface area contributed by atoms with Crippen LogP contribution in [0, 0.1) is 59.2 Å². The predicted molar refractivity (Wildman–Crippen MR) is 311 cm³/mol. The molecule has 13 unspecified atom stereocenters. The molecule has 0 radical (unpaired) electrons. The first-order valence-electron chi connectivity index (χ1n) is 32.2. The van der Waals surface area contributed by atoms with Crippen LogP contribution in [0.2, 0.25) is 0 Å². The van der Waals surface area contributed by atoms with Crippen molar-refractivity contribution in [3.05, 3.63) is 46.3 Å². The number of carbonyl (C=O) groups is 2. The standard InChI is InChI=1S/C64H103N3O18/c1-18-44-31(6)34(9)52(72-41(16)68)61(74-44)82-53-35(10)32(7)45(19-2)75-62(53)83-54-36(11)33(8)46(20-3)76-63(54)85-56-55-49(30-71-60(84-55)43-26-24-23-25-27-43)79-64(57(56)73-42(17)69)81-51-38(13)40(15)59(78-48(51)22-5)80-50-37(12)39(14)58(77-47(50)21-4)70-29-28-66-67-65/h23-27,31-40,44-64H,18-22,28-30H2,1-17H3/t31-,32-,33-,34?,35?,36?,37+,38-,39?,40?,44-,45-,46-,47?,48?,49?,50-,51-,52?,53?,54?,55+,56-,57?,58+,59-,60?,61+,62+,63+,64-/m0/s1. The lowest BCUT2D eigenvalue weighted by atomic mass is 9.80. The summed E-state index contributed by atoms with van der Waals surface area (Å²) in [6.45, 7) is 35.1. The number of benzene rings is 1. The lowest BCUT2D eigenvalue weighted by Crippen LogP contribution is -2.67. The van der Waals surface area contributed by atoms with Crippen LogP contribution in [0.25, 0.3) is 10.4 Å². The summed E-state index contributed by atoms with van der Waals surface area (Å²) in [7, 11) is 0. The zero-order valence-corrected chi connectivity index (χ0v) is 53.6. The topological polar surface area (TPSA) is 231 Å². The number of ether oxygens (including phenoxy) is 16. The molecule has 1 aromatic rings. The monoisotopic (exact) mass is 1200 g/mol. The summed E-state index contributed by atoms with van der Waals surface area (Å²) in [6.07, 6.45) is -10.7. The quantitative estimate of drug-likeness (QED) is 0.0345. The van der Waals surface area contributed by atoms with Crippen molar-refractivity contribution < 1.29 is 85.4 Å². The lowest BCUT2D eigenvalue weighted by Gasteiger charge is -2.54. The van der Waals surface area contributed by atoms with Crippen LogP contribution in [-0.4, -0.2) is 155 Å². The summed E-state index contributed by atoms with van der Waals surface area (Å²) in [5.41, 5.74) is 9.58. The molecular weight excluding hydrogens is 1100 g/mol. The summed E-state index contributed by atoms with van der Waals surface area (Å²) in [5, 5.41) is 3.62. The Hall–Kier alpha value is -3.09. The molecule has 0 amide bonds. The molecule has 1 aromatic carbocycles. The van der Waals surface area contributed by atoms with E-state index in [2.05, 4.69) is 107 Å². The first kappa shape index (κ1) is 67.8.